The predicted octanol–water partition coefficient (Wildman–Crippen LogP) is 2.96. The van der Waals surface area contributed by atoms with Crippen molar-refractivity contribution < 1.29 is 22.5 Å². The topological polar surface area (TPSA) is 122 Å². The molecule has 2 aromatic carbocycles. The summed E-state index contributed by atoms with van der Waals surface area (Å²) in [6.07, 6.45) is 1.16. The van der Waals surface area contributed by atoms with E-state index in [1.54, 1.807) is 4.90 Å². The van der Waals surface area contributed by atoms with Gasteiger partial charge in [-0.3, -0.25) is 10.1 Å². The van der Waals surface area contributed by atoms with Crippen molar-refractivity contribution in [2.45, 2.75) is 17.7 Å². The van der Waals surface area contributed by atoms with Crippen molar-refractivity contribution in [3.8, 4) is 0 Å². The quantitative estimate of drug-likeness (QED) is 0.533. The summed E-state index contributed by atoms with van der Waals surface area (Å²) in [6, 6.07) is 10.3. The van der Waals surface area contributed by atoms with Gasteiger partial charge in [0.25, 0.3) is 5.69 Å². The zero-order chi connectivity index (χ0) is 21.7. The molecule has 3 rings (SSSR count). The van der Waals surface area contributed by atoms with Crippen LogP contribution in [-0.2, 0) is 10.0 Å². The highest BCUT2D eigenvalue weighted by atomic mass is 32.2. The molecule has 0 aliphatic carbocycles. The largest absolute Gasteiger partial charge is 0.325 e. The van der Waals surface area contributed by atoms with E-state index in [0.29, 0.717) is 31.6 Å². The van der Waals surface area contributed by atoms with E-state index >= 15 is 0 Å². The molecule has 9 nitrogen and oxygen atoms in total. The van der Waals surface area contributed by atoms with Crippen LogP contribution in [0.1, 0.15) is 12.8 Å². The van der Waals surface area contributed by atoms with Gasteiger partial charge in [0, 0.05) is 31.4 Å². The summed E-state index contributed by atoms with van der Waals surface area (Å²) < 4.78 is 40.4. The Morgan fingerprint density at radius 3 is 2.40 bits per heavy atom. The van der Waals surface area contributed by atoms with E-state index in [1.807, 2.05) is 0 Å². The Morgan fingerprint density at radius 1 is 1.13 bits per heavy atom. The molecule has 1 saturated heterocycles. The second-order valence-electron chi connectivity index (χ2n) is 6.94. The molecular formula is C19H21FN4O5S. The first kappa shape index (κ1) is 21.7. The van der Waals surface area contributed by atoms with Gasteiger partial charge in [-0.2, -0.15) is 0 Å². The number of nitro groups is 1. The standard InChI is InChI=1S/C19H21FN4O5S/c20-15-5-7-16(8-6-15)22-19(25)23-11-9-14(10-12-23)13-21-30(28,29)18-4-2-1-3-17(18)24(26)27/h1-8,14,21H,9-13H2,(H,22,25). The number of anilines is 1. The Kier molecular flexibility index (Phi) is 6.63. The third-order valence-electron chi connectivity index (χ3n) is 4.91. The Hall–Kier alpha value is -3.05. The second kappa shape index (κ2) is 9.18. The second-order valence-corrected chi connectivity index (χ2v) is 8.68. The number of hydrogen-bond donors (Lipinski definition) is 2. The highest BCUT2D eigenvalue weighted by Crippen LogP contribution is 2.24. The van der Waals surface area contributed by atoms with Gasteiger partial charge in [-0.15, -0.1) is 0 Å². The number of amides is 2. The van der Waals surface area contributed by atoms with Crippen molar-refractivity contribution in [3.05, 3.63) is 64.5 Å². The first-order valence-corrected chi connectivity index (χ1v) is 10.8. The van der Waals surface area contributed by atoms with Crippen molar-refractivity contribution in [3.63, 3.8) is 0 Å². The van der Waals surface area contributed by atoms with Crippen LogP contribution in [0.4, 0.5) is 20.6 Å². The third-order valence-corrected chi connectivity index (χ3v) is 6.38. The van der Waals surface area contributed by atoms with E-state index in [1.165, 1.54) is 42.5 Å². The van der Waals surface area contributed by atoms with E-state index in [-0.39, 0.29) is 23.4 Å². The van der Waals surface area contributed by atoms with E-state index in [4.69, 9.17) is 0 Å². The zero-order valence-corrected chi connectivity index (χ0v) is 16.8. The van der Waals surface area contributed by atoms with Crippen LogP contribution < -0.4 is 10.0 Å². The number of nitrogens with one attached hydrogen (secondary N) is 2. The first-order valence-electron chi connectivity index (χ1n) is 9.31. The van der Waals surface area contributed by atoms with Gasteiger partial charge in [0.15, 0.2) is 4.90 Å². The summed E-state index contributed by atoms with van der Waals surface area (Å²) in [5.41, 5.74) is 0.0121. The Balaban J connectivity index is 1.52. The normalized spacial score (nSPS) is 15.0. The van der Waals surface area contributed by atoms with E-state index in [2.05, 4.69) is 10.0 Å². The molecule has 0 saturated carbocycles. The minimum absolute atomic E-state index is 0.00239. The van der Waals surface area contributed by atoms with Gasteiger partial charge >= 0.3 is 6.03 Å². The fourth-order valence-corrected chi connectivity index (χ4v) is 4.50. The maximum Gasteiger partial charge on any atom is 0.321 e. The van der Waals surface area contributed by atoms with Crippen LogP contribution in [0.3, 0.4) is 0 Å². The van der Waals surface area contributed by atoms with Crippen LogP contribution in [0.2, 0.25) is 0 Å². The molecule has 0 bridgehead atoms. The summed E-state index contributed by atoms with van der Waals surface area (Å²) in [4.78, 5) is 23.9. The maximum atomic E-state index is 12.9. The molecule has 2 N–H and O–H groups in total. The number of carbonyl (C=O) groups excluding carboxylic acids is 1. The summed E-state index contributed by atoms with van der Waals surface area (Å²) in [5.74, 6) is -0.394. The van der Waals surface area contributed by atoms with E-state index in [0.717, 1.165) is 6.07 Å². The molecule has 0 unspecified atom stereocenters. The molecule has 30 heavy (non-hydrogen) atoms. The van der Waals surface area contributed by atoms with E-state index < -0.39 is 26.5 Å². The molecule has 0 radical (unpaired) electrons. The van der Waals surface area contributed by atoms with Gasteiger partial charge in [0.05, 0.1) is 4.92 Å². The highest BCUT2D eigenvalue weighted by molar-refractivity contribution is 7.89. The zero-order valence-electron chi connectivity index (χ0n) is 16.0. The number of carbonyl (C=O) groups is 1. The molecule has 1 aliphatic heterocycles. The molecule has 160 valence electrons. The Morgan fingerprint density at radius 2 is 1.77 bits per heavy atom. The highest BCUT2D eigenvalue weighted by Gasteiger charge is 2.28. The van der Waals surface area contributed by atoms with Gasteiger partial charge in [-0.25, -0.2) is 22.3 Å². The smallest absolute Gasteiger partial charge is 0.321 e. The molecule has 1 fully saturated rings. The van der Waals surface area contributed by atoms with Crippen LogP contribution >= 0.6 is 0 Å². The van der Waals surface area contributed by atoms with Crippen LogP contribution in [0.15, 0.2) is 53.4 Å². The van der Waals surface area contributed by atoms with Gasteiger partial charge in [0.1, 0.15) is 5.82 Å². The predicted molar refractivity (Wildman–Crippen MR) is 108 cm³/mol. The minimum Gasteiger partial charge on any atom is -0.325 e. The summed E-state index contributed by atoms with van der Waals surface area (Å²) in [5, 5.41) is 13.8. The van der Waals surface area contributed by atoms with Crippen molar-refractivity contribution >= 4 is 27.4 Å². The van der Waals surface area contributed by atoms with Gasteiger partial charge in [-0.1, -0.05) is 12.1 Å². The molecule has 1 aliphatic rings. The Bertz CT molecular complexity index is 1020. The van der Waals surface area contributed by atoms with Crippen molar-refractivity contribution in [2.24, 2.45) is 5.92 Å². The number of nitro benzene ring substituents is 1. The number of hydrogen-bond acceptors (Lipinski definition) is 5. The molecule has 11 heteroatoms. The Labute approximate surface area is 173 Å². The van der Waals surface area contributed by atoms with Crippen LogP contribution in [0, 0.1) is 21.8 Å². The SMILES string of the molecule is O=C(Nc1ccc(F)cc1)N1CCC(CNS(=O)(=O)c2ccccc2[N+](=O)[O-])CC1. The number of halogens is 1. The van der Waals surface area contributed by atoms with Crippen LogP contribution in [-0.4, -0.2) is 43.9 Å². The summed E-state index contributed by atoms with van der Waals surface area (Å²) in [7, 11) is -4.02. The summed E-state index contributed by atoms with van der Waals surface area (Å²) >= 11 is 0. The molecule has 2 amide bonds. The first-order chi connectivity index (χ1) is 14.3. The monoisotopic (exact) mass is 436 g/mol. The molecule has 0 spiro atoms. The molecule has 0 aromatic heterocycles. The lowest BCUT2D eigenvalue weighted by Gasteiger charge is -2.32. The average Bonchev–Trinajstić information content (AvgIpc) is 2.74. The number of urea groups is 1. The van der Waals surface area contributed by atoms with Gasteiger partial charge in [-0.05, 0) is 49.1 Å². The fourth-order valence-electron chi connectivity index (χ4n) is 3.22. The van der Waals surface area contributed by atoms with Gasteiger partial charge < -0.3 is 10.2 Å². The number of piperidine rings is 1. The maximum absolute atomic E-state index is 12.9. The lowest BCUT2D eigenvalue weighted by molar-refractivity contribution is -0.387. The molecule has 1 heterocycles. The minimum atomic E-state index is -4.02. The van der Waals surface area contributed by atoms with E-state index in [9.17, 15) is 27.7 Å². The fraction of sp³-hybridized carbons (Fsp3) is 0.316. The van der Waals surface area contributed by atoms with Crippen molar-refractivity contribution in [1.29, 1.82) is 0 Å². The van der Waals surface area contributed by atoms with Crippen molar-refractivity contribution in [2.75, 3.05) is 25.0 Å². The molecular weight excluding hydrogens is 415 g/mol. The average molecular weight is 436 g/mol. The summed E-state index contributed by atoms with van der Waals surface area (Å²) in [6.45, 7) is 0.998. The van der Waals surface area contributed by atoms with Crippen LogP contribution in [0.25, 0.3) is 0 Å². The van der Waals surface area contributed by atoms with Crippen molar-refractivity contribution in [1.82, 2.24) is 9.62 Å². The number of benzene rings is 2. The molecule has 2 aromatic rings. The lowest BCUT2D eigenvalue weighted by atomic mass is 9.97. The van der Waals surface area contributed by atoms with Crippen LogP contribution in [0.5, 0.6) is 0 Å². The third kappa shape index (κ3) is 5.30. The van der Waals surface area contributed by atoms with Gasteiger partial charge in [0.2, 0.25) is 10.0 Å². The number of para-hydroxylation sites is 1. The number of likely N-dealkylation sites (tertiary alicyclic amines) is 1. The lowest BCUT2D eigenvalue weighted by Crippen LogP contribution is -2.43. The number of sulfonamides is 1. The number of rotatable bonds is 6. The molecule has 0 atom stereocenters. The number of nitrogens with zero attached hydrogens (tertiary/aromatic N) is 2.